The second-order valence-electron chi connectivity index (χ2n) is 25.9. The molecule has 91 heavy (non-hydrogen) atoms. The number of rotatable bonds is 12. The Morgan fingerprint density at radius 3 is 1.67 bits per heavy atom. The van der Waals surface area contributed by atoms with E-state index in [4.69, 9.17) is 9.72 Å². The van der Waals surface area contributed by atoms with Gasteiger partial charge in [0.15, 0.2) is 0 Å². The number of ether oxygens (including phenoxy) is 1. The van der Waals surface area contributed by atoms with Crippen molar-refractivity contribution in [1.29, 1.82) is 0 Å². The van der Waals surface area contributed by atoms with Crippen LogP contribution in [0.3, 0.4) is 0 Å². The molecule has 5 heterocycles. The van der Waals surface area contributed by atoms with Gasteiger partial charge in [-0.3, -0.25) is 4.57 Å². The highest BCUT2D eigenvalue weighted by atomic mass is 16.5. The van der Waals surface area contributed by atoms with Crippen molar-refractivity contribution in [2.75, 3.05) is 16.5 Å². The number of para-hydroxylation sites is 4. The molecule has 6 nitrogen and oxygen atoms in total. The first-order valence-corrected chi connectivity index (χ1v) is 32.6. The standard InChI is InChI=1S/C84H66BN5O/c1-5-22-59(23-6-1)70-31-19-32-71(60-24-7-2-8-25-60)82(70)63-51-67(88-56-89(78-37-16-15-36-77(78)88)83-72(61-26-9-3-10-27-61)33-20-34-73(83)62-28-11-4-12-29-62)54-69(52-63)91-68-39-40-75-74-30-13-14-35-76(74)90(79(75)55-68)81-53-64(41-43-86-81)84(65-47-57-46-58(49-65)50-66(84)48-57)80-38-21-45-87-44-18-17-42-85(80)87/h1-45,51-55,57-58,65-66H,46-50,56H2. The van der Waals surface area contributed by atoms with E-state index in [1.807, 2.05) is 0 Å². The third kappa shape index (κ3) is 8.88. The van der Waals surface area contributed by atoms with Gasteiger partial charge in [0.2, 0.25) is 0 Å². The number of nitrogens with zero attached hydrogens (tertiary/aromatic N) is 5. The van der Waals surface area contributed by atoms with Crippen molar-refractivity contribution in [2.24, 2.45) is 23.7 Å². The topological polar surface area (TPSA) is 36.8 Å². The van der Waals surface area contributed by atoms with Crippen LogP contribution in [0.15, 0.2) is 309 Å². The summed E-state index contributed by atoms with van der Waals surface area (Å²) in [5.41, 5.74) is 20.9. The molecule has 4 bridgehead atoms. The van der Waals surface area contributed by atoms with Crippen molar-refractivity contribution in [1.82, 2.24) is 14.4 Å². The molecule has 2 aromatic heterocycles. The number of aromatic nitrogens is 2. The number of allylic oxidation sites excluding steroid dienone is 5. The molecule has 0 N–H and O–H groups in total. The van der Waals surface area contributed by atoms with Crippen LogP contribution in [0, 0.1) is 23.7 Å². The number of anilines is 4. The van der Waals surface area contributed by atoms with Crippen LogP contribution in [-0.4, -0.2) is 27.9 Å². The van der Waals surface area contributed by atoms with E-state index in [0.29, 0.717) is 18.5 Å². The van der Waals surface area contributed by atoms with Gasteiger partial charge in [-0.2, -0.15) is 0 Å². The van der Waals surface area contributed by atoms with E-state index in [0.717, 1.165) is 102 Å². The zero-order valence-electron chi connectivity index (χ0n) is 50.6. The summed E-state index contributed by atoms with van der Waals surface area (Å²) in [7, 11) is 0. The Hall–Kier alpha value is -10.6. The molecule has 0 spiro atoms. The van der Waals surface area contributed by atoms with Crippen LogP contribution < -0.4 is 14.5 Å². The predicted octanol–water partition coefficient (Wildman–Crippen LogP) is 21.2. The Bertz CT molecular complexity index is 4790. The van der Waals surface area contributed by atoms with E-state index in [-0.39, 0.29) is 12.3 Å². The lowest BCUT2D eigenvalue weighted by atomic mass is 9.33. The van der Waals surface area contributed by atoms with Crippen LogP contribution in [0.1, 0.15) is 37.7 Å². The third-order valence-electron chi connectivity index (χ3n) is 21.0. The predicted molar refractivity (Wildman–Crippen MR) is 376 cm³/mol. The smallest absolute Gasteiger partial charge is 0.316 e. The lowest BCUT2D eigenvalue weighted by molar-refractivity contribution is -0.0411. The van der Waals surface area contributed by atoms with Gasteiger partial charge in [-0.05, 0) is 185 Å². The van der Waals surface area contributed by atoms with Crippen molar-refractivity contribution in [3.8, 4) is 73.0 Å². The normalized spacial score (nSPS) is 20.2. The average Bonchev–Trinajstić information content (AvgIpc) is 1.24. The molecular formula is C84H66BN5O. The maximum absolute atomic E-state index is 7.50. The molecule has 7 aliphatic rings. The minimum absolute atomic E-state index is 0.105. The van der Waals surface area contributed by atoms with Gasteiger partial charge >= 0.3 is 6.85 Å². The highest BCUT2D eigenvalue weighted by Crippen LogP contribution is 2.66. The summed E-state index contributed by atoms with van der Waals surface area (Å²) in [5, 5.41) is 2.35. The van der Waals surface area contributed by atoms with Gasteiger partial charge in [0.1, 0.15) is 24.0 Å². The highest BCUT2D eigenvalue weighted by Gasteiger charge is 2.61. The van der Waals surface area contributed by atoms with E-state index < -0.39 is 0 Å². The molecule has 19 rings (SSSR count). The van der Waals surface area contributed by atoms with Crippen LogP contribution in [-0.2, 0) is 5.41 Å². The Balaban J connectivity index is 0.806. The van der Waals surface area contributed by atoms with Gasteiger partial charge < -0.3 is 19.3 Å². The molecule has 0 unspecified atom stereocenters. The molecule has 0 saturated heterocycles. The minimum atomic E-state index is -0.105. The summed E-state index contributed by atoms with van der Waals surface area (Å²) < 4.78 is 9.91. The van der Waals surface area contributed by atoms with E-state index in [9.17, 15) is 0 Å². The first kappa shape index (κ1) is 53.4. The first-order chi connectivity index (χ1) is 45.1. The Morgan fingerprint density at radius 2 is 1.01 bits per heavy atom. The number of pyridine rings is 1. The monoisotopic (exact) mass is 1170 g/mol. The number of hydrogen-bond donors (Lipinski definition) is 0. The van der Waals surface area contributed by atoms with E-state index in [1.165, 1.54) is 65.3 Å². The lowest BCUT2D eigenvalue weighted by Gasteiger charge is -2.63. The van der Waals surface area contributed by atoms with E-state index in [1.54, 1.807) is 5.47 Å². The summed E-state index contributed by atoms with van der Waals surface area (Å²) in [4.78, 5) is 12.8. The van der Waals surface area contributed by atoms with Crippen LogP contribution in [0.4, 0.5) is 22.7 Å². The van der Waals surface area contributed by atoms with E-state index in [2.05, 4.69) is 323 Å². The maximum atomic E-state index is 7.50. The molecule has 0 radical (unpaired) electrons. The third-order valence-corrected chi connectivity index (χ3v) is 21.0. The highest BCUT2D eigenvalue weighted by molar-refractivity contribution is 6.70. The lowest BCUT2D eigenvalue weighted by Crippen LogP contribution is -2.60. The molecule has 3 aliphatic heterocycles. The number of fused-ring (bicyclic) bond motifs is 5. The SMILES string of the molecule is C1=CB2C(C3(c4ccnc(-n5c6ccccc6c6ccc(Oc7cc(-c8c(-c9ccccc9)cccc8-c8ccccc8)cc(N8CN(c9c(-c%10ccccc%10)cccc9-c9ccccc9)c9ccccc98)c7)cc65)c4)C4CC5CC(C4)CC3C5)=CC=CN2C=C1. The number of benzene rings is 10. The van der Waals surface area contributed by atoms with Gasteiger partial charge in [0.05, 0.1) is 28.1 Å². The van der Waals surface area contributed by atoms with Crippen LogP contribution in [0.5, 0.6) is 11.5 Å². The molecule has 12 aromatic rings. The van der Waals surface area contributed by atoms with E-state index >= 15 is 0 Å². The molecule has 10 aromatic carbocycles. The summed E-state index contributed by atoms with van der Waals surface area (Å²) in [5.74, 6) is 7.65. The van der Waals surface area contributed by atoms with Gasteiger partial charge in [-0.25, -0.2) is 4.98 Å². The minimum Gasteiger partial charge on any atom is -0.457 e. The fourth-order valence-corrected chi connectivity index (χ4v) is 17.6. The van der Waals surface area contributed by atoms with Crippen LogP contribution >= 0.6 is 0 Å². The zero-order valence-corrected chi connectivity index (χ0v) is 50.6. The molecule has 7 heteroatoms. The Labute approximate surface area is 532 Å². The second-order valence-corrected chi connectivity index (χ2v) is 25.9. The van der Waals surface area contributed by atoms with Crippen molar-refractivity contribution < 1.29 is 4.74 Å². The Morgan fingerprint density at radius 1 is 0.440 bits per heavy atom. The number of hydrogen-bond acceptors (Lipinski definition) is 5. The first-order valence-electron chi connectivity index (χ1n) is 32.6. The second kappa shape index (κ2) is 21.9. The molecule has 436 valence electrons. The molecule has 0 amide bonds. The largest absolute Gasteiger partial charge is 0.457 e. The molecule has 0 atom stereocenters. The van der Waals surface area contributed by atoms with Crippen molar-refractivity contribution in [2.45, 2.75) is 37.5 Å². The van der Waals surface area contributed by atoms with Gasteiger partial charge in [0, 0.05) is 51.3 Å². The molecule has 4 saturated carbocycles. The molecular weight excluding hydrogens is 1110 g/mol. The maximum Gasteiger partial charge on any atom is 0.316 e. The van der Waals surface area contributed by atoms with Crippen molar-refractivity contribution >= 4 is 51.4 Å². The average molecular weight is 1170 g/mol. The fourth-order valence-electron chi connectivity index (χ4n) is 17.6. The quantitative estimate of drug-likeness (QED) is 0.114. The summed E-state index contributed by atoms with van der Waals surface area (Å²) in [6.07, 6.45) is 22.4. The summed E-state index contributed by atoms with van der Waals surface area (Å²) in [6.45, 7) is 0.747. The van der Waals surface area contributed by atoms with Crippen molar-refractivity contribution in [3.05, 3.63) is 315 Å². The summed E-state index contributed by atoms with van der Waals surface area (Å²) >= 11 is 0. The molecule has 4 aliphatic carbocycles. The Kier molecular flexibility index (Phi) is 12.8. The van der Waals surface area contributed by atoms with Crippen LogP contribution in [0.25, 0.3) is 83.3 Å². The van der Waals surface area contributed by atoms with Crippen molar-refractivity contribution in [3.63, 3.8) is 0 Å². The van der Waals surface area contributed by atoms with Gasteiger partial charge in [0.25, 0.3) is 0 Å². The van der Waals surface area contributed by atoms with Gasteiger partial charge in [-0.1, -0.05) is 212 Å². The van der Waals surface area contributed by atoms with Gasteiger partial charge in [-0.15, -0.1) is 0 Å². The van der Waals surface area contributed by atoms with Crippen LogP contribution in [0.2, 0.25) is 0 Å². The zero-order chi connectivity index (χ0) is 60.0. The molecule has 4 fully saturated rings. The fraction of sp³-hybridized carbons (Fsp3) is 0.131. The summed E-state index contributed by atoms with van der Waals surface area (Å²) in [6, 6.07) is 93.0.